The summed E-state index contributed by atoms with van der Waals surface area (Å²) >= 11 is 9.20. The monoisotopic (exact) mass is 303 g/mol. The van der Waals surface area contributed by atoms with Crippen LogP contribution in [0.1, 0.15) is 0 Å². The molecule has 7 heteroatoms. The number of pyridine rings is 1. The van der Waals surface area contributed by atoms with Gasteiger partial charge >= 0.3 is 5.97 Å². The van der Waals surface area contributed by atoms with Gasteiger partial charge < -0.3 is 5.11 Å². The minimum atomic E-state index is -1.02. The van der Waals surface area contributed by atoms with Crippen molar-refractivity contribution in [2.24, 2.45) is 0 Å². The zero-order valence-electron chi connectivity index (χ0n) is 7.97. The van der Waals surface area contributed by atoms with Crippen molar-refractivity contribution in [1.82, 2.24) is 9.02 Å². The molecule has 0 unspecified atom stereocenters. The normalized spacial score (nSPS) is 16.4. The lowest BCUT2D eigenvalue weighted by atomic mass is 10.4. The number of carboxylic acid groups (broad SMARTS) is 1. The molecule has 2 heterocycles. The SMILES string of the molecule is O=C(O)C1=CCN(Br)N1c1ncccc1Cl. The zero-order chi connectivity index (χ0) is 11.7. The molecule has 0 fully saturated rings. The molecular formula is C9H7BrClN3O2. The molecule has 16 heavy (non-hydrogen) atoms. The van der Waals surface area contributed by atoms with Crippen molar-refractivity contribution >= 4 is 39.5 Å². The lowest BCUT2D eigenvalue weighted by Crippen LogP contribution is -2.33. The number of carboxylic acids is 1. The molecule has 0 bridgehead atoms. The molecule has 1 aliphatic rings. The van der Waals surface area contributed by atoms with E-state index in [1.165, 1.54) is 5.01 Å². The fraction of sp³-hybridized carbons (Fsp3) is 0.111. The van der Waals surface area contributed by atoms with E-state index in [-0.39, 0.29) is 5.70 Å². The van der Waals surface area contributed by atoms with Gasteiger partial charge in [-0.2, -0.15) is 0 Å². The zero-order valence-corrected chi connectivity index (χ0v) is 10.3. The van der Waals surface area contributed by atoms with E-state index >= 15 is 0 Å². The number of aromatic nitrogens is 1. The molecule has 0 spiro atoms. The summed E-state index contributed by atoms with van der Waals surface area (Å²) < 4.78 is 1.55. The van der Waals surface area contributed by atoms with Gasteiger partial charge in [0.1, 0.15) is 5.70 Å². The number of carbonyl (C=O) groups is 1. The molecule has 84 valence electrons. The predicted molar refractivity (Wildman–Crippen MR) is 63.1 cm³/mol. The summed E-state index contributed by atoms with van der Waals surface area (Å²) in [6.45, 7) is 0.439. The molecule has 1 N–H and O–H groups in total. The van der Waals surface area contributed by atoms with Gasteiger partial charge in [-0.1, -0.05) is 11.6 Å². The van der Waals surface area contributed by atoms with Gasteiger partial charge in [0.2, 0.25) is 0 Å². The summed E-state index contributed by atoms with van der Waals surface area (Å²) in [5, 5.41) is 10.8. The van der Waals surface area contributed by atoms with E-state index in [2.05, 4.69) is 21.1 Å². The second-order valence-corrected chi connectivity index (χ2v) is 4.26. The first-order valence-electron chi connectivity index (χ1n) is 4.38. The Morgan fingerprint density at radius 2 is 2.38 bits per heavy atom. The number of hydrazine groups is 1. The Morgan fingerprint density at radius 3 is 3.00 bits per heavy atom. The third-order valence-electron chi connectivity index (χ3n) is 2.04. The van der Waals surface area contributed by atoms with E-state index in [0.29, 0.717) is 17.4 Å². The van der Waals surface area contributed by atoms with Crippen LogP contribution in [0.25, 0.3) is 0 Å². The van der Waals surface area contributed by atoms with E-state index in [0.717, 1.165) is 0 Å². The third-order valence-corrected chi connectivity index (χ3v) is 2.94. The Kier molecular flexibility index (Phi) is 3.13. The van der Waals surface area contributed by atoms with Gasteiger partial charge in [0.15, 0.2) is 5.82 Å². The Morgan fingerprint density at radius 1 is 1.62 bits per heavy atom. The minimum absolute atomic E-state index is 0.123. The van der Waals surface area contributed by atoms with E-state index in [4.69, 9.17) is 16.7 Å². The number of anilines is 1. The van der Waals surface area contributed by atoms with E-state index < -0.39 is 5.97 Å². The van der Waals surface area contributed by atoms with E-state index in [9.17, 15) is 4.79 Å². The fourth-order valence-corrected chi connectivity index (χ4v) is 2.04. The highest BCUT2D eigenvalue weighted by Crippen LogP contribution is 2.31. The smallest absolute Gasteiger partial charge is 0.353 e. The summed E-state index contributed by atoms with van der Waals surface area (Å²) in [6.07, 6.45) is 3.13. The molecular weight excluding hydrogens is 297 g/mol. The minimum Gasteiger partial charge on any atom is -0.477 e. The molecule has 0 radical (unpaired) electrons. The molecule has 0 atom stereocenters. The second-order valence-electron chi connectivity index (χ2n) is 3.03. The van der Waals surface area contributed by atoms with Gasteiger partial charge in [0, 0.05) is 22.3 Å². The molecule has 1 aliphatic heterocycles. The summed E-state index contributed by atoms with van der Waals surface area (Å²) in [6, 6.07) is 3.34. The third kappa shape index (κ3) is 1.91. The predicted octanol–water partition coefficient (Wildman–Crippen LogP) is 2.05. The fourth-order valence-electron chi connectivity index (χ4n) is 1.37. The highest BCUT2D eigenvalue weighted by atomic mass is 79.9. The molecule has 5 nitrogen and oxygen atoms in total. The van der Waals surface area contributed by atoms with Crippen molar-refractivity contribution in [3.05, 3.63) is 35.1 Å². The van der Waals surface area contributed by atoms with Gasteiger partial charge in [-0.25, -0.2) is 14.8 Å². The number of hydrogen-bond donors (Lipinski definition) is 1. The van der Waals surface area contributed by atoms with Crippen molar-refractivity contribution in [3.8, 4) is 0 Å². The van der Waals surface area contributed by atoms with Crippen LogP contribution in [-0.4, -0.2) is 26.6 Å². The number of halogens is 2. The molecule has 1 aromatic heterocycles. The van der Waals surface area contributed by atoms with Crippen LogP contribution >= 0.6 is 27.7 Å². The Labute approximate surface area is 105 Å². The van der Waals surface area contributed by atoms with Gasteiger partial charge in [0.05, 0.1) is 11.6 Å². The van der Waals surface area contributed by atoms with Crippen LogP contribution in [0.4, 0.5) is 5.82 Å². The summed E-state index contributed by atoms with van der Waals surface area (Å²) in [4.78, 5) is 15.1. The Bertz CT molecular complexity index is 466. The number of aliphatic carboxylic acids is 1. The summed E-state index contributed by atoms with van der Waals surface area (Å²) in [7, 11) is 0. The topological polar surface area (TPSA) is 56.7 Å². The largest absolute Gasteiger partial charge is 0.477 e. The molecule has 0 saturated heterocycles. The van der Waals surface area contributed by atoms with Gasteiger partial charge in [-0.3, -0.25) is 0 Å². The Balaban J connectivity index is 2.43. The first-order chi connectivity index (χ1) is 7.61. The van der Waals surface area contributed by atoms with E-state index in [1.54, 1.807) is 28.4 Å². The maximum atomic E-state index is 11.0. The average molecular weight is 305 g/mol. The molecule has 1 aromatic rings. The standard InChI is InChI=1S/C9H7BrClN3O2/c10-13-5-3-7(9(15)16)14(13)8-6(11)2-1-4-12-8/h1-4H,5H2,(H,15,16). The molecule has 0 aromatic carbocycles. The van der Waals surface area contributed by atoms with Crippen LogP contribution in [0.3, 0.4) is 0 Å². The first-order valence-corrected chi connectivity index (χ1v) is 5.47. The first kappa shape index (κ1) is 11.4. The van der Waals surface area contributed by atoms with Crippen LogP contribution in [-0.2, 0) is 4.79 Å². The van der Waals surface area contributed by atoms with Crippen LogP contribution < -0.4 is 5.01 Å². The van der Waals surface area contributed by atoms with Gasteiger partial charge in [-0.15, -0.1) is 4.03 Å². The van der Waals surface area contributed by atoms with Crippen LogP contribution in [0.2, 0.25) is 5.02 Å². The highest BCUT2D eigenvalue weighted by Gasteiger charge is 2.30. The number of nitrogens with zero attached hydrogens (tertiary/aromatic N) is 3. The van der Waals surface area contributed by atoms with Crippen molar-refractivity contribution in [2.45, 2.75) is 0 Å². The molecule has 0 saturated carbocycles. The van der Waals surface area contributed by atoms with Crippen molar-refractivity contribution in [2.75, 3.05) is 11.6 Å². The number of rotatable bonds is 2. The summed E-state index contributed by atoms with van der Waals surface area (Å²) in [5.41, 5.74) is 0.123. The van der Waals surface area contributed by atoms with Crippen LogP contribution in [0, 0.1) is 0 Å². The summed E-state index contributed by atoms with van der Waals surface area (Å²) in [5.74, 6) is -0.643. The lowest BCUT2D eigenvalue weighted by Gasteiger charge is -2.25. The lowest BCUT2D eigenvalue weighted by molar-refractivity contribution is -0.132. The highest BCUT2D eigenvalue weighted by molar-refractivity contribution is 9.07. The molecule has 2 rings (SSSR count). The van der Waals surface area contributed by atoms with Crippen molar-refractivity contribution in [1.29, 1.82) is 0 Å². The number of hydrogen-bond acceptors (Lipinski definition) is 4. The second kappa shape index (κ2) is 4.40. The maximum Gasteiger partial charge on any atom is 0.353 e. The average Bonchev–Trinajstić information content (AvgIpc) is 2.61. The van der Waals surface area contributed by atoms with Gasteiger partial charge in [0.25, 0.3) is 0 Å². The maximum absolute atomic E-state index is 11.0. The van der Waals surface area contributed by atoms with E-state index in [1.807, 2.05) is 0 Å². The van der Waals surface area contributed by atoms with Gasteiger partial charge in [-0.05, 0) is 18.2 Å². The Hall–Kier alpha value is -1.11. The quantitative estimate of drug-likeness (QED) is 0.848. The van der Waals surface area contributed by atoms with Crippen LogP contribution in [0.5, 0.6) is 0 Å². The molecule has 0 aliphatic carbocycles. The van der Waals surface area contributed by atoms with Crippen molar-refractivity contribution in [3.63, 3.8) is 0 Å². The molecule has 0 amide bonds. The van der Waals surface area contributed by atoms with Crippen molar-refractivity contribution < 1.29 is 9.90 Å². The van der Waals surface area contributed by atoms with Crippen LogP contribution in [0.15, 0.2) is 30.1 Å².